The van der Waals surface area contributed by atoms with E-state index in [2.05, 4.69) is 18.5 Å². The molecule has 1 amide bonds. The lowest BCUT2D eigenvalue weighted by atomic mass is 10.1. The van der Waals surface area contributed by atoms with Crippen LogP contribution in [0.1, 0.15) is 23.7 Å². The first kappa shape index (κ1) is 13.7. The Morgan fingerprint density at radius 2 is 1.94 bits per heavy atom. The van der Waals surface area contributed by atoms with Crippen LogP contribution in [-0.4, -0.2) is 24.0 Å². The first-order chi connectivity index (χ1) is 8.02. The number of hydrogen-bond donors (Lipinski definition) is 3. The number of benzene rings is 1. The van der Waals surface area contributed by atoms with Crippen molar-refractivity contribution in [2.45, 2.75) is 18.6 Å². The summed E-state index contributed by atoms with van der Waals surface area (Å²) in [6.07, 6.45) is 3.01. The maximum absolute atomic E-state index is 11.8. The molecule has 0 spiro atoms. The minimum absolute atomic E-state index is 0.127. The Kier molecular flexibility index (Phi) is 5.15. The molecule has 0 bridgehead atoms. The summed E-state index contributed by atoms with van der Waals surface area (Å²) in [4.78, 5) is 11.8. The molecule has 0 aliphatic heterocycles. The van der Waals surface area contributed by atoms with E-state index in [0.717, 1.165) is 6.42 Å². The van der Waals surface area contributed by atoms with Crippen LogP contribution >= 0.6 is 11.8 Å². The molecule has 1 rings (SSSR count). The molecule has 0 heterocycles. The van der Waals surface area contributed by atoms with Crippen molar-refractivity contribution in [1.29, 1.82) is 0 Å². The lowest BCUT2D eigenvalue weighted by molar-refractivity contribution is 0.0953. The van der Waals surface area contributed by atoms with Crippen molar-refractivity contribution in [3.05, 3.63) is 23.8 Å². The van der Waals surface area contributed by atoms with E-state index in [9.17, 15) is 4.79 Å². The topological polar surface area (TPSA) is 81.1 Å². The van der Waals surface area contributed by atoms with E-state index in [0.29, 0.717) is 28.7 Å². The highest BCUT2D eigenvalue weighted by Crippen LogP contribution is 2.13. The van der Waals surface area contributed by atoms with Gasteiger partial charge < -0.3 is 16.8 Å². The summed E-state index contributed by atoms with van der Waals surface area (Å²) in [5, 5.41) is 3.40. The average molecular weight is 253 g/mol. The van der Waals surface area contributed by atoms with Gasteiger partial charge in [0, 0.05) is 28.7 Å². The Bertz CT molecular complexity index is 375. The summed E-state index contributed by atoms with van der Waals surface area (Å²) in [5.41, 5.74) is 12.8. The fourth-order valence-corrected chi connectivity index (χ4v) is 1.77. The van der Waals surface area contributed by atoms with Gasteiger partial charge in [0.05, 0.1) is 0 Å². The highest BCUT2D eigenvalue weighted by molar-refractivity contribution is 7.99. The number of carbonyl (C=O) groups is 1. The van der Waals surface area contributed by atoms with Gasteiger partial charge in [-0.1, -0.05) is 6.92 Å². The molecular formula is C12H19N3OS. The molecule has 0 saturated heterocycles. The molecule has 1 atom stereocenters. The third-order valence-corrected chi connectivity index (χ3v) is 3.52. The zero-order valence-corrected chi connectivity index (χ0v) is 11.0. The zero-order chi connectivity index (χ0) is 12.8. The predicted molar refractivity (Wildman–Crippen MR) is 75.2 cm³/mol. The van der Waals surface area contributed by atoms with E-state index in [-0.39, 0.29) is 5.91 Å². The quantitative estimate of drug-likeness (QED) is 0.698. The summed E-state index contributed by atoms with van der Waals surface area (Å²) >= 11 is 1.79. The van der Waals surface area contributed by atoms with Gasteiger partial charge in [0.2, 0.25) is 0 Å². The van der Waals surface area contributed by atoms with Crippen LogP contribution < -0.4 is 16.8 Å². The lowest BCUT2D eigenvalue weighted by Gasteiger charge is -2.10. The van der Waals surface area contributed by atoms with E-state index < -0.39 is 0 Å². The fourth-order valence-electron chi connectivity index (χ4n) is 1.42. The van der Waals surface area contributed by atoms with E-state index in [1.54, 1.807) is 30.0 Å². The molecule has 1 aromatic carbocycles. The minimum Gasteiger partial charge on any atom is -0.399 e. The van der Waals surface area contributed by atoms with Crippen LogP contribution in [0.15, 0.2) is 18.2 Å². The second kappa shape index (κ2) is 6.39. The molecule has 1 aromatic rings. The summed E-state index contributed by atoms with van der Waals surface area (Å²) in [5.74, 6) is -0.127. The predicted octanol–water partition coefficient (Wildman–Crippen LogP) is 1.72. The summed E-state index contributed by atoms with van der Waals surface area (Å²) < 4.78 is 0. The van der Waals surface area contributed by atoms with Gasteiger partial charge in [-0.2, -0.15) is 11.8 Å². The number of nitrogens with one attached hydrogen (secondary N) is 1. The van der Waals surface area contributed by atoms with Crippen LogP contribution in [0, 0.1) is 0 Å². The standard InChI is InChI=1S/C12H19N3OS/c1-8(17-2)3-4-15-12(16)9-5-10(13)7-11(14)6-9/h5-8H,3-4,13-14H2,1-2H3,(H,15,16). The Morgan fingerprint density at radius 1 is 1.35 bits per heavy atom. The molecule has 5 heteroatoms. The smallest absolute Gasteiger partial charge is 0.251 e. The molecule has 0 aliphatic rings. The third kappa shape index (κ3) is 4.56. The highest BCUT2D eigenvalue weighted by atomic mass is 32.2. The monoisotopic (exact) mass is 253 g/mol. The van der Waals surface area contributed by atoms with Crippen molar-refractivity contribution < 1.29 is 4.79 Å². The minimum atomic E-state index is -0.127. The average Bonchev–Trinajstić information content (AvgIpc) is 2.27. The maximum Gasteiger partial charge on any atom is 0.251 e. The van der Waals surface area contributed by atoms with E-state index in [1.807, 2.05) is 0 Å². The van der Waals surface area contributed by atoms with Crippen molar-refractivity contribution >= 4 is 29.0 Å². The van der Waals surface area contributed by atoms with Crippen LogP contribution in [0.5, 0.6) is 0 Å². The summed E-state index contributed by atoms with van der Waals surface area (Å²) in [6, 6.07) is 4.89. The van der Waals surface area contributed by atoms with Gasteiger partial charge >= 0.3 is 0 Å². The van der Waals surface area contributed by atoms with Crippen molar-refractivity contribution in [3.8, 4) is 0 Å². The van der Waals surface area contributed by atoms with Gasteiger partial charge in [0.1, 0.15) is 0 Å². The molecule has 17 heavy (non-hydrogen) atoms. The van der Waals surface area contributed by atoms with Gasteiger partial charge in [-0.3, -0.25) is 4.79 Å². The third-order valence-electron chi connectivity index (χ3n) is 2.48. The van der Waals surface area contributed by atoms with Gasteiger partial charge in [-0.25, -0.2) is 0 Å². The van der Waals surface area contributed by atoms with Crippen molar-refractivity contribution in [2.75, 3.05) is 24.3 Å². The molecule has 0 aliphatic carbocycles. The van der Waals surface area contributed by atoms with Crippen LogP contribution in [0.3, 0.4) is 0 Å². The Morgan fingerprint density at radius 3 is 2.47 bits per heavy atom. The molecule has 0 radical (unpaired) electrons. The number of anilines is 2. The SMILES string of the molecule is CSC(C)CCNC(=O)c1cc(N)cc(N)c1. The van der Waals surface area contributed by atoms with Crippen LogP contribution in [0.4, 0.5) is 11.4 Å². The van der Waals surface area contributed by atoms with Gasteiger partial charge in [-0.05, 0) is 30.9 Å². The number of nitrogen functional groups attached to an aromatic ring is 2. The van der Waals surface area contributed by atoms with Crippen LogP contribution in [0.25, 0.3) is 0 Å². The Hall–Kier alpha value is -1.36. The first-order valence-electron chi connectivity index (χ1n) is 5.50. The fraction of sp³-hybridized carbons (Fsp3) is 0.417. The number of thioether (sulfide) groups is 1. The van der Waals surface area contributed by atoms with E-state index in [1.165, 1.54) is 0 Å². The van der Waals surface area contributed by atoms with Crippen molar-refractivity contribution in [3.63, 3.8) is 0 Å². The summed E-state index contributed by atoms with van der Waals surface area (Å²) in [7, 11) is 0. The van der Waals surface area contributed by atoms with Gasteiger partial charge in [0.15, 0.2) is 0 Å². The van der Waals surface area contributed by atoms with Crippen LogP contribution in [0.2, 0.25) is 0 Å². The maximum atomic E-state index is 11.8. The number of amides is 1. The summed E-state index contributed by atoms with van der Waals surface area (Å²) in [6.45, 7) is 2.80. The largest absolute Gasteiger partial charge is 0.399 e. The lowest BCUT2D eigenvalue weighted by Crippen LogP contribution is -2.26. The molecule has 0 saturated carbocycles. The van der Waals surface area contributed by atoms with Crippen molar-refractivity contribution in [2.24, 2.45) is 0 Å². The number of carbonyl (C=O) groups excluding carboxylic acids is 1. The normalized spacial score (nSPS) is 12.1. The highest BCUT2D eigenvalue weighted by Gasteiger charge is 2.07. The molecule has 0 aromatic heterocycles. The second-order valence-electron chi connectivity index (χ2n) is 3.98. The molecule has 94 valence electrons. The first-order valence-corrected chi connectivity index (χ1v) is 6.78. The number of nitrogens with two attached hydrogens (primary N) is 2. The molecule has 4 nitrogen and oxygen atoms in total. The molecule has 5 N–H and O–H groups in total. The molecular weight excluding hydrogens is 234 g/mol. The number of rotatable bonds is 5. The van der Waals surface area contributed by atoms with Gasteiger partial charge in [-0.15, -0.1) is 0 Å². The van der Waals surface area contributed by atoms with Crippen molar-refractivity contribution in [1.82, 2.24) is 5.32 Å². The van der Waals surface area contributed by atoms with Crippen LogP contribution in [-0.2, 0) is 0 Å². The second-order valence-corrected chi connectivity index (χ2v) is 5.26. The number of hydrogen-bond acceptors (Lipinski definition) is 4. The Balaban J connectivity index is 2.52. The van der Waals surface area contributed by atoms with Gasteiger partial charge in [0.25, 0.3) is 5.91 Å². The zero-order valence-electron chi connectivity index (χ0n) is 10.2. The molecule has 1 unspecified atom stereocenters. The molecule has 0 fully saturated rings. The van der Waals surface area contributed by atoms with E-state index in [4.69, 9.17) is 11.5 Å². The van der Waals surface area contributed by atoms with E-state index >= 15 is 0 Å². The Labute approximate surface area is 106 Å².